The molecule has 0 radical (unpaired) electrons. The Balaban J connectivity index is 1.17. The molecule has 2 N–H and O–H groups in total. The predicted molar refractivity (Wildman–Crippen MR) is 179 cm³/mol. The zero-order valence-electron chi connectivity index (χ0n) is 26.4. The van der Waals surface area contributed by atoms with E-state index in [1.54, 1.807) is 12.4 Å². The van der Waals surface area contributed by atoms with Gasteiger partial charge in [0.2, 0.25) is 5.95 Å². The van der Waals surface area contributed by atoms with Crippen LogP contribution < -0.4 is 10.2 Å². The third-order valence-electron chi connectivity index (χ3n) is 8.47. The molecule has 3 atom stereocenters. The van der Waals surface area contributed by atoms with Gasteiger partial charge in [0.1, 0.15) is 6.61 Å². The summed E-state index contributed by atoms with van der Waals surface area (Å²) < 4.78 is 18.4. The molecule has 0 unspecified atom stereocenters. The highest BCUT2D eigenvalue weighted by Gasteiger charge is 2.34. The standard InChI is InChI=1S/C37H41N5O5/c1-2-20-45-37(44)40-24-28-6-3-7-30(21-28)31-8-4-9-32(22-31)35-46-33(23-34(47-35)29-12-10-27(26-43)11-13-29)25-41-16-18-42(19-17-41)36-38-14-5-15-39-36/h2-15,21-22,33-35,43H,1,16-20,23-26H2,(H,40,44)/t33-,34+,35+/m1/s1. The molecule has 244 valence electrons. The van der Waals surface area contributed by atoms with Gasteiger partial charge in [-0.05, 0) is 46.0 Å². The van der Waals surface area contributed by atoms with Crippen molar-refractivity contribution in [2.45, 2.75) is 38.1 Å². The van der Waals surface area contributed by atoms with Gasteiger partial charge in [-0.3, -0.25) is 4.90 Å². The average molecular weight is 636 g/mol. The van der Waals surface area contributed by atoms with Gasteiger partial charge < -0.3 is 29.5 Å². The second-order valence-electron chi connectivity index (χ2n) is 11.8. The van der Waals surface area contributed by atoms with Crippen molar-refractivity contribution in [3.63, 3.8) is 0 Å². The fourth-order valence-electron chi connectivity index (χ4n) is 5.99. The minimum atomic E-state index is -0.556. The molecule has 6 rings (SSSR count). The van der Waals surface area contributed by atoms with Gasteiger partial charge in [0, 0.05) is 63.6 Å². The minimum Gasteiger partial charge on any atom is -0.445 e. The van der Waals surface area contributed by atoms with Crippen molar-refractivity contribution in [1.29, 1.82) is 0 Å². The van der Waals surface area contributed by atoms with E-state index in [0.717, 1.165) is 78.5 Å². The maximum Gasteiger partial charge on any atom is 0.407 e. The molecule has 0 saturated carbocycles. The van der Waals surface area contributed by atoms with E-state index in [9.17, 15) is 9.90 Å². The van der Waals surface area contributed by atoms with Crippen LogP contribution in [0.25, 0.3) is 11.1 Å². The summed E-state index contributed by atoms with van der Waals surface area (Å²) in [4.78, 5) is 25.4. The lowest BCUT2D eigenvalue weighted by atomic mass is 9.98. The number of carbonyl (C=O) groups excluding carboxylic acids is 1. The number of nitrogens with one attached hydrogen (secondary N) is 1. The van der Waals surface area contributed by atoms with Gasteiger partial charge in [-0.25, -0.2) is 14.8 Å². The first kappa shape index (κ1) is 32.3. The van der Waals surface area contributed by atoms with Crippen molar-refractivity contribution < 1.29 is 24.1 Å². The van der Waals surface area contributed by atoms with Crippen LogP contribution in [0.4, 0.5) is 10.7 Å². The summed E-state index contributed by atoms with van der Waals surface area (Å²) in [5.74, 6) is 0.772. The number of hydrogen-bond acceptors (Lipinski definition) is 9. The molecular formula is C37H41N5O5. The highest BCUT2D eigenvalue weighted by molar-refractivity contribution is 5.68. The second-order valence-corrected chi connectivity index (χ2v) is 11.8. The van der Waals surface area contributed by atoms with Crippen molar-refractivity contribution in [3.05, 3.63) is 126 Å². The van der Waals surface area contributed by atoms with Gasteiger partial charge in [0.25, 0.3) is 0 Å². The highest BCUT2D eigenvalue weighted by atomic mass is 16.7. The average Bonchev–Trinajstić information content (AvgIpc) is 3.14. The number of anilines is 1. The molecule has 10 nitrogen and oxygen atoms in total. The number of benzene rings is 3. The molecular weight excluding hydrogens is 594 g/mol. The lowest BCUT2D eigenvalue weighted by Gasteiger charge is -2.40. The molecule has 4 aromatic rings. The molecule has 2 saturated heterocycles. The Labute approximate surface area is 275 Å². The van der Waals surface area contributed by atoms with Crippen molar-refractivity contribution in [1.82, 2.24) is 20.2 Å². The Morgan fingerprint density at radius 3 is 2.40 bits per heavy atom. The van der Waals surface area contributed by atoms with E-state index in [-0.39, 0.29) is 25.4 Å². The van der Waals surface area contributed by atoms with Gasteiger partial charge in [-0.1, -0.05) is 73.3 Å². The number of rotatable bonds is 11. The summed E-state index contributed by atoms with van der Waals surface area (Å²) in [5, 5.41) is 12.3. The summed E-state index contributed by atoms with van der Waals surface area (Å²) in [6.45, 7) is 8.38. The molecule has 3 aromatic carbocycles. The number of aromatic nitrogens is 2. The van der Waals surface area contributed by atoms with Crippen LogP contribution >= 0.6 is 0 Å². The molecule has 3 heterocycles. The lowest BCUT2D eigenvalue weighted by Crippen LogP contribution is -2.50. The number of nitrogens with zero attached hydrogens (tertiary/aromatic N) is 4. The topological polar surface area (TPSA) is 109 Å². The molecule has 2 fully saturated rings. The van der Waals surface area contributed by atoms with Gasteiger partial charge in [0.15, 0.2) is 6.29 Å². The molecule has 2 aliphatic heterocycles. The fourth-order valence-corrected chi connectivity index (χ4v) is 5.99. The number of hydrogen-bond donors (Lipinski definition) is 2. The van der Waals surface area contributed by atoms with Crippen LogP contribution in [0.2, 0.25) is 0 Å². The van der Waals surface area contributed by atoms with Crippen LogP contribution in [0.5, 0.6) is 0 Å². The Morgan fingerprint density at radius 2 is 1.66 bits per heavy atom. The summed E-state index contributed by atoms with van der Waals surface area (Å²) in [5.41, 5.74) is 5.87. The third-order valence-corrected chi connectivity index (χ3v) is 8.47. The van der Waals surface area contributed by atoms with Crippen LogP contribution in [-0.2, 0) is 27.4 Å². The number of aliphatic hydroxyl groups excluding tert-OH is 1. The van der Waals surface area contributed by atoms with Crippen LogP contribution in [-0.4, -0.2) is 71.5 Å². The van der Waals surface area contributed by atoms with Crippen molar-refractivity contribution >= 4 is 12.0 Å². The summed E-state index contributed by atoms with van der Waals surface area (Å²) in [6.07, 6.45) is 4.58. The van der Waals surface area contributed by atoms with E-state index < -0.39 is 12.4 Å². The number of carbonyl (C=O) groups is 1. The predicted octanol–water partition coefficient (Wildman–Crippen LogP) is 5.42. The Hall–Kier alpha value is -4.61. The van der Waals surface area contributed by atoms with Gasteiger partial charge in [0.05, 0.1) is 18.8 Å². The molecule has 0 spiro atoms. The van der Waals surface area contributed by atoms with Crippen molar-refractivity contribution in [2.24, 2.45) is 0 Å². The molecule has 10 heteroatoms. The summed E-state index contributed by atoms with van der Waals surface area (Å²) in [7, 11) is 0. The Kier molecular flexibility index (Phi) is 10.9. The molecule has 0 bridgehead atoms. The zero-order chi connectivity index (χ0) is 32.4. The number of amides is 1. The van der Waals surface area contributed by atoms with Gasteiger partial charge >= 0.3 is 6.09 Å². The number of alkyl carbamates (subject to hydrolysis) is 1. The lowest BCUT2D eigenvalue weighted by molar-refractivity contribution is -0.253. The quantitative estimate of drug-likeness (QED) is 0.209. The van der Waals surface area contributed by atoms with E-state index in [4.69, 9.17) is 14.2 Å². The first-order chi connectivity index (χ1) is 23.1. The number of piperazine rings is 1. The first-order valence-electron chi connectivity index (χ1n) is 16.0. The second kappa shape index (κ2) is 15.8. The minimum absolute atomic E-state index is 0.00359. The maximum absolute atomic E-state index is 11.9. The first-order valence-corrected chi connectivity index (χ1v) is 16.0. The van der Waals surface area contributed by atoms with Crippen LogP contribution in [0.1, 0.15) is 41.1 Å². The van der Waals surface area contributed by atoms with E-state index in [1.165, 1.54) is 6.08 Å². The summed E-state index contributed by atoms with van der Waals surface area (Å²) in [6, 6.07) is 26.1. The molecule has 2 aliphatic rings. The van der Waals surface area contributed by atoms with E-state index in [2.05, 4.69) is 55.9 Å². The molecule has 0 aliphatic carbocycles. The fraction of sp³-hybridized carbons (Fsp3) is 0.324. The Morgan fingerprint density at radius 1 is 0.915 bits per heavy atom. The Bertz CT molecular complexity index is 1610. The van der Waals surface area contributed by atoms with Gasteiger partial charge in [-0.2, -0.15) is 0 Å². The molecule has 1 amide bonds. The number of aliphatic hydroxyl groups is 1. The molecule has 1 aromatic heterocycles. The monoisotopic (exact) mass is 635 g/mol. The van der Waals surface area contributed by atoms with Crippen LogP contribution in [0.15, 0.2) is 104 Å². The third kappa shape index (κ3) is 8.60. The van der Waals surface area contributed by atoms with E-state index >= 15 is 0 Å². The van der Waals surface area contributed by atoms with Gasteiger partial charge in [-0.15, -0.1) is 0 Å². The van der Waals surface area contributed by atoms with Crippen molar-refractivity contribution in [2.75, 3.05) is 44.2 Å². The SMILES string of the molecule is C=CCOC(=O)NCc1cccc(-c2cccc([C@H]3O[C@@H](CN4CCN(c5ncccn5)CC4)C[C@@H](c4ccc(CO)cc4)O3)c2)c1. The summed E-state index contributed by atoms with van der Waals surface area (Å²) >= 11 is 0. The van der Waals surface area contributed by atoms with Crippen molar-refractivity contribution in [3.8, 4) is 11.1 Å². The molecule has 47 heavy (non-hydrogen) atoms. The largest absolute Gasteiger partial charge is 0.445 e. The highest BCUT2D eigenvalue weighted by Crippen LogP contribution is 2.39. The normalized spacial score (nSPS) is 20.0. The smallest absolute Gasteiger partial charge is 0.407 e. The zero-order valence-corrected chi connectivity index (χ0v) is 26.4. The van der Waals surface area contributed by atoms with Crippen LogP contribution in [0, 0.1) is 0 Å². The number of ether oxygens (including phenoxy) is 3. The van der Waals surface area contributed by atoms with E-state index in [1.807, 2.05) is 54.6 Å². The maximum atomic E-state index is 11.9. The van der Waals surface area contributed by atoms with E-state index in [0.29, 0.717) is 6.54 Å². The van der Waals surface area contributed by atoms with Crippen LogP contribution in [0.3, 0.4) is 0 Å².